The van der Waals surface area contributed by atoms with Gasteiger partial charge in [-0.3, -0.25) is 0 Å². The Labute approximate surface area is 138 Å². The van der Waals surface area contributed by atoms with E-state index in [0.29, 0.717) is 11.3 Å². The highest BCUT2D eigenvalue weighted by molar-refractivity contribution is 5.61. The second kappa shape index (κ2) is 6.05. The molecule has 1 heterocycles. The molecule has 0 aliphatic carbocycles. The molecule has 0 aromatic heterocycles. The number of hydrogen-bond donors (Lipinski definition) is 1. The molecular formula is C16H11F6NO2. The monoisotopic (exact) mass is 363 g/mol. The van der Waals surface area contributed by atoms with Crippen LogP contribution in [0.15, 0.2) is 42.5 Å². The van der Waals surface area contributed by atoms with Crippen LogP contribution in [0.5, 0.6) is 11.5 Å². The van der Waals surface area contributed by atoms with Crippen molar-refractivity contribution < 1.29 is 35.8 Å². The first kappa shape index (κ1) is 17.2. The van der Waals surface area contributed by atoms with Gasteiger partial charge in [0.25, 0.3) is 0 Å². The maximum absolute atomic E-state index is 12.6. The summed E-state index contributed by atoms with van der Waals surface area (Å²) in [5.41, 5.74) is 0.146. The third-order valence-electron chi connectivity index (χ3n) is 3.54. The first-order chi connectivity index (χ1) is 11.6. The van der Waals surface area contributed by atoms with E-state index in [2.05, 4.69) is 10.1 Å². The predicted molar refractivity (Wildman–Crippen MR) is 76.4 cm³/mol. The lowest BCUT2D eigenvalue weighted by molar-refractivity contribution is -0.274. The van der Waals surface area contributed by atoms with Crippen molar-refractivity contribution in [2.75, 3.05) is 11.9 Å². The highest BCUT2D eigenvalue weighted by Crippen LogP contribution is 2.38. The van der Waals surface area contributed by atoms with Crippen molar-refractivity contribution in [3.63, 3.8) is 0 Å². The van der Waals surface area contributed by atoms with Crippen LogP contribution in [0.3, 0.4) is 0 Å². The number of benzene rings is 2. The summed E-state index contributed by atoms with van der Waals surface area (Å²) in [6.45, 7) is 0.262. The summed E-state index contributed by atoms with van der Waals surface area (Å²) in [6, 6.07) is 7.99. The lowest BCUT2D eigenvalue weighted by atomic mass is 10.0. The molecule has 2 aromatic rings. The van der Waals surface area contributed by atoms with Gasteiger partial charge in [-0.25, -0.2) is 0 Å². The fourth-order valence-corrected chi connectivity index (χ4v) is 2.41. The second-order valence-electron chi connectivity index (χ2n) is 5.31. The van der Waals surface area contributed by atoms with Gasteiger partial charge in [0.15, 0.2) is 0 Å². The van der Waals surface area contributed by atoms with Gasteiger partial charge in [0.2, 0.25) is 0 Å². The van der Waals surface area contributed by atoms with Crippen LogP contribution >= 0.6 is 0 Å². The molecule has 1 aliphatic heterocycles. The third-order valence-corrected chi connectivity index (χ3v) is 3.54. The van der Waals surface area contributed by atoms with Crippen molar-refractivity contribution in [2.45, 2.75) is 18.6 Å². The van der Waals surface area contributed by atoms with Gasteiger partial charge in [-0.15, -0.1) is 13.2 Å². The lowest BCUT2D eigenvalue weighted by Gasteiger charge is -2.28. The van der Waals surface area contributed by atoms with Crippen LogP contribution in [0.25, 0.3) is 0 Å². The second-order valence-corrected chi connectivity index (χ2v) is 5.31. The molecule has 134 valence electrons. The fourth-order valence-electron chi connectivity index (χ4n) is 2.41. The summed E-state index contributed by atoms with van der Waals surface area (Å²) in [5.74, 6) is -0.320. The maximum Gasteiger partial charge on any atom is 0.573 e. The Morgan fingerprint density at radius 1 is 0.960 bits per heavy atom. The van der Waals surface area contributed by atoms with Crippen molar-refractivity contribution in [1.82, 2.24) is 0 Å². The molecule has 0 saturated heterocycles. The number of anilines is 1. The molecule has 1 aliphatic rings. The van der Waals surface area contributed by atoms with E-state index in [0.717, 1.165) is 24.3 Å². The van der Waals surface area contributed by atoms with Crippen LogP contribution in [-0.4, -0.2) is 12.9 Å². The molecule has 1 N–H and O–H groups in total. The smallest absolute Gasteiger partial charge is 0.482 e. The van der Waals surface area contributed by atoms with E-state index in [9.17, 15) is 26.3 Å². The number of nitrogens with one attached hydrogen (secondary N) is 1. The van der Waals surface area contributed by atoms with Gasteiger partial charge in [-0.1, -0.05) is 12.1 Å². The van der Waals surface area contributed by atoms with Gasteiger partial charge in [0.05, 0.1) is 17.8 Å². The summed E-state index contributed by atoms with van der Waals surface area (Å²) < 4.78 is 84.0. The van der Waals surface area contributed by atoms with E-state index in [1.807, 2.05) is 0 Å². The van der Waals surface area contributed by atoms with Crippen LogP contribution in [0.1, 0.15) is 17.2 Å². The molecule has 0 radical (unpaired) electrons. The zero-order valence-corrected chi connectivity index (χ0v) is 12.4. The van der Waals surface area contributed by atoms with E-state index < -0.39 is 30.0 Å². The first-order valence-corrected chi connectivity index (χ1v) is 7.09. The average Bonchev–Trinajstić information content (AvgIpc) is 2.52. The predicted octanol–water partition coefficient (Wildman–Crippen LogP) is 5.15. The Morgan fingerprint density at radius 2 is 1.64 bits per heavy atom. The van der Waals surface area contributed by atoms with Gasteiger partial charge >= 0.3 is 12.5 Å². The molecule has 2 aromatic carbocycles. The largest absolute Gasteiger partial charge is 0.573 e. The topological polar surface area (TPSA) is 30.5 Å². The van der Waals surface area contributed by atoms with Crippen LogP contribution in [0, 0.1) is 0 Å². The maximum atomic E-state index is 12.6. The molecule has 25 heavy (non-hydrogen) atoms. The summed E-state index contributed by atoms with van der Waals surface area (Å²) in [7, 11) is 0. The molecule has 9 heteroatoms. The Balaban J connectivity index is 1.79. The summed E-state index contributed by atoms with van der Waals surface area (Å²) in [6.07, 6.45) is -9.92. The van der Waals surface area contributed by atoms with E-state index in [4.69, 9.17) is 4.74 Å². The van der Waals surface area contributed by atoms with E-state index in [1.54, 1.807) is 0 Å². The Morgan fingerprint density at radius 3 is 2.24 bits per heavy atom. The highest BCUT2D eigenvalue weighted by atomic mass is 19.4. The van der Waals surface area contributed by atoms with Gasteiger partial charge in [0.1, 0.15) is 17.6 Å². The molecule has 0 fully saturated rings. The molecule has 1 unspecified atom stereocenters. The van der Waals surface area contributed by atoms with Crippen LogP contribution in [-0.2, 0) is 6.18 Å². The van der Waals surface area contributed by atoms with Crippen molar-refractivity contribution in [1.29, 1.82) is 0 Å². The molecular weight excluding hydrogens is 352 g/mol. The van der Waals surface area contributed by atoms with E-state index in [-0.39, 0.29) is 12.3 Å². The van der Waals surface area contributed by atoms with Crippen molar-refractivity contribution in [2.24, 2.45) is 0 Å². The quantitative estimate of drug-likeness (QED) is 0.749. The number of ether oxygens (including phenoxy) is 2. The fraction of sp³-hybridized carbons (Fsp3) is 0.250. The molecule has 3 rings (SSSR count). The molecule has 1 atom stereocenters. The van der Waals surface area contributed by atoms with Crippen LogP contribution < -0.4 is 14.8 Å². The Kier molecular flexibility index (Phi) is 4.18. The number of hydrogen-bond acceptors (Lipinski definition) is 3. The van der Waals surface area contributed by atoms with E-state index in [1.165, 1.54) is 18.2 Å². The summed E-state index contributed by atoms with van der Waals surface area (Å²) >= 11 is 0. The summed E-state index contributed by atoms with van der Waals surface area (Å²) in [5, 5.41) is 2.96. The SMILES string of the molecule is FC(F)(F)Oc1ccc2c(c1)OC(c1ccc(C(F)(F)F)cc1)CN2. The minimum absolute atomic E-state index is 0.123. The summed E-state index contributed by atoms with van der Waals surface area (Å²) in [4.78, 5) is 0. The van der Waals surface area contributed by atoms with Crippen molar-refractivity contribution >= 4 is 5.69 Å². The van der Waals surface area contributed by atoms with Gasteiger partial charge in [0, 0.05) is 6.07 Å². The number of halogens is 6. The van der Waals surface area contributed by atoms with Gasteiger partial charge < -0.3 is 14.8 Å². The molecule has 0 bridgehead atoms. The average molecular weight is 363 g/mol. The Hall–Kier alpha value is -2.58. The zero-order chi connectivity index (χ0) is 18.2. The van der Waals surface area contributed by atoms with Crippen LogP contribution in [0.2, 0.25) is 0 Å². The number of fused-ring (bicyclic) bond motifs is 1. The first-order valence-electron chi connectivity index (χ1n) is 7.09. The van der Waals surface area contributed by atoms with Crippen molar-refractivity contribution in [3.05, 3.63) is 53.6 Å². The zero-order valence-electron chi connectivity index (χ0n) is 12.4. The number of rotatable bonds is 2. The highest BCUT2D eigenvalue weighted by Gasteiger charge is 2.32. The molecule has 3 nitrogen and oxygen atoms in total. The number of alkyl halides is 6. The Bertz CT molecular complexity index is 755. The van der Waals surface area contributed by atoms with Gasteiger partial charge in [-0.05, 0) is 29.8 Å². The van der Waals surface area contributed by atoms with Gasteiger partial charge in [-0.2, -0.15) is 13.2 Å². The van der Waals surface area contributed by atoms with E-state index >= 15 is 0 Å². The normalized spacial score (nSPS) is 17.3. The molecule has 0 saturated carbocycles. The minimum atomic E-state index is -4.83. The minimum Gasteiger partial charge on any atom is -0.482 e. The molecule has 0 spiro atoms. The van der Waals surface area contributed by atoms with Crippen LogP contribution in [0.4, 0.5) is 32.0 Å². The molecule has 0 amide bonds. The third kappa shape index (κ3) is 4.09. The standard InChI is InChI=1S/C16H11F6NO2/c17-15(18,19)10-3-1-9(2-4-10)14-8-23-12-6-5-11(7-13(12)24-14)25-16(20,21)22/h1-7,14,23H,8H2. The van der Waals surface area contributed by atoms with Crippen molar-refractivity contribution in [3.8, 4) is 11.5 Å². The lowest BCUT2D eigenvalue weighted by Crippen LogP contribution is -2.24.